The summed E-state index contributed by atoms with van der Waals surface area (Å²) < 4.78 is 6.30. The van der Waals surface area contributed by atoms with E-state index >= 15 is 0 Å². The Morgan fingerprint density at radius 1 is 1.73 bits per heavy atom. The highest BCUT2D eigenvalue weighted by Gasteiger charge is 2.06. The second-order valence-corrected chi connectivity index (χ2v) is 2.90. The van der Waals surface area contributed by atoms with Crippen molar-refractivity contribution in [2.45, 2.75) is 6.54 Å². The van der Waals surface area contributed by atoms with Crippen molar-refractivity contribution in [3.63, 3.8) is 0 Å². The number of nitrogens with zero attached hydrogens (tertiary/aromatic N) is 2. The summed E-state index contributed by atoms with van der Waals surface area (Å²) in [5.74, 6) is -0.188. The molecule has 0 spiro atoms. The number of ether oxygens (including phenoxy) is 1. The standard InChI is InChI=1S/C9H13N3O3/c1-15-6-5-12-4-2-3-7(9(12)13)8(10)11-14/h2-4,14H,5-6H2,1H3,(H2,10,11). The van der Waals surface area contributed by atoms with Crippen molar-refractivity contribution in [2.75, 3.05) is 13.7 Å². The Hall–Kier alpha value is -1.82. The number of hydrogen-bond acceptors (Lipinski definition) is 4. The molecule has 15 heavy (non-hydrogen) atoms. The Labute approximate surface area is 86.6 Å². The molecule has 0 fully saturated rings. The Morgan fingerprint density at radius 2 is 2.47 bits per heavy atom. The van der Waals surface area contributed by atoms with E-state index in [0.717, 1.165) is 0 Å². The van der Waals surface area contributed by atoms with Gasteiger partial charge in [0, 0.05) is 19.9 Å². The van der Waals surface area contributed by atoms with Crippen LogP contribution in [-0.2, 0) is 11.3 Å². The molecule has 0 aliphatic carbocycles. The van der Waals surface area contributed by atoms with Crippen LogP contribution in [0.15, 0.2) is 28.3 Å². The maximum Gasteiger partial charge on any atom is 0.261 e. The van der Waals surface area contributed by atoms with E-state index in [1.807, 2.05) is 0 Å². The summed E-state index contributed by atoms with van der Waals surface area (Å²) in [5, 5.41) is 11.3. The second-order valence-electron chi connectivity index (χ2n) is 2.90. The van der Waals surface area contributed by atoms with Crippen molar-refractivity contribution in [2.24, 2.45) is 10.9 Å². The summed E-state index contributed by atoms with van der Waals surface area (Å²) in [6.45, 7) is 0.863. The van der Waals surface area contributed by atoms with Gasteiger partial charge < -0.3 is 20.2 Å². The predicted octanol–water partition coefficient (Wildman–Crippen LogP) is -0.411. The number of nitrogens with two attached hydrogens (primary N) is 1. The lowest BCUT2D eigenvalue weighted by atomic mass is 10.2. The van der Waals surface area contributed by atoms with E-state index in [-0.39, 0.29) is 17.0 Å². The molecule has 0 radical (unpaired) electrons. The molecule has 1 rings (SSSR count). The van der Waals surface area contributed by atoms with Gasteiger partial charge in [-0.1, -0.05) is 5.16 Å². The molecular formula is C9H13N3O3. The van der Waals surface area contributed by atoms with Crippen molar-refractivity contribution >= 4 is 5.84 Å². The van der Waals surface area contributed by atoms with Crippen LogP contribution in [-0.4, -0.2) is 29.3 Å². The second kappa shape index (κ2) is 5.16. The summed E-state index contributed by atoms with van der Waals surface area (Å²) in [4.78, 5) is 11.7. The summed E-state index contributed by atoms with van der Waals surface area (Å²) >= 11 is 0. The zero-order chi connectivity index (χ0) is 11.3. The van der Waals surface area contributed by atoms with E-state index in [0.29, 0.717) is 13.2 Å². The van der Waals surface area contributed by atoms with Gasteiger partial charge in [0.05, 0.1) is 12.2 Å². The molecule has 0 bridgehead atoms. The van der Waals surface area contributed by atoms with Crippen molar-refractivity contribution in [3.05, 3.63) is 34.2 Å². The molecular weight excluding hydrogens is 198 g/mol. The fourth-order valence-corrected chi connectivity index (χ4v) is 1.15. The summed E-state index contributed by atoms with van der Waals surface area (Å²) in [7, 11) is 1.55. The van der Waals surface area contributed by atoms with Crippen LogP contribution in [0.2, 0.25) is 0 Å². The first-order valence-electron chi connectivity index (χ1n) is 4.37. The average Bonchev–Trinajstić information content (AvgIpc) is 2.27. The third-order valence-electron chi connectivity index (χ3n) is 1.94. The smallest absolute Gasteiger partial charge is 0.261 e. The Morgan fingerprint density at radius 3 is 3.07 bits per heavy atom. The van der Waals surface area contributed by atoms with Gasteiger partial charge in [-0.2, -0.15) is 0 Å². The third kappa shape index (κ3) is 2.57. The van der Waals surface area contributed by atoms with Gasteiger partial charge in [-0.15, -0.1) is 0 Å². The molecule has 6 nitrogen and oxygen atoms in total. The van der Waals surface area contributed by atoms with E-state index in [4.69, 9.17) is 15.7 Å². The summed E-state index contributed by atoms with van der Waals surface area (Å²) in [5.41, 5.74) is 5.22. The molecule has 1 heterocycles. The molecule has 0 aromatic carbocycles. The Balaban J connectivity index is 3.06. The minimum Gasteiger partial charge on any atom is -0.409 e. The Kier molecular flexibility index (Phi) is 3.87. The summed E-state index contributed by atoms with van der Waals surface area (Å²) in [6.07, 6.45) is 1.62. The minimum absolute atomic E-state index is 0.177. The fraction of sp³-hybridized carbons (Fsp3) is 0.333. The number of amidine groups is 1. The quantitative estimate of drug-likeness (QED) is 0.306. The number of rotatable bonds is 4. The highest BCUT2D eigenvalue weighted by molar-refractivity contribution is 5.96. The SMILES string of the molecule is COCCn1cccc(/C(N)=N/O)c1=O. The molecule has 82 valence electrons. The molecule has 0 atom stereocenters. The first kappa shape index (κ1) is 11.3. The lowest BCUT2D eigenvalue weighted by Gasteiger charge is -2.06. The molecule has 0 saturated heterocycles. The minimum atomic E-state index is -0.301. The van der Waals surface area contributed by atoms with Crippen LogP contribution in [0, 0.1) is 0 Å². The van der Waals surface area contributed by atoms with E-state index < -0.39 is 0 Å². The highest BCUT2D eigenvalue weighted by Crippen LogP contribution is 1.92. The van der Waals surface area contributed by atoms with Crippen molar-refractivity contribution < 1.29 is 9.94 Å². The molecule has 0 aliphatic heterocycles. The average molecular weight is 211 g/mol. The number of oxime groups is 1. The molecule has 0 unspecified atom stereocenters. The zero-order valence-corrected chi connectivity index (χ0v) is 8.38. The first-order valence-corrected chi connectivity index (χ1v) is 4.37. The zero-order valence-electron chi connectivity index (χ0n) is 8.38. The first-order chi connectivity index (χ1) is 7.20. The molecule has 1 aromatic heterocycles. The van der Waals surface area contributed by atoms with Crippen LogP contribution < -0.4 is 11.3 Å². The van der Waals surface area contributed by atoms with Crippen LogP contribution in [0.5, 0.6) is 0 Å². The van der Waals surface area contributed by atoms with Gasteiger partial charge in [0.1, 0.15) is 0 Å². The fourth-order valence-electron chi connectivity index (χ4n) is 1.15. The van der Waals surface area contributed by atoms with Gasteiger partial charge in [0.15, 0.2) is 5.84 Å². The maximum atomic E-state index is 11.7. The van der Waals surface area contributed by atoms with Crippen LogP contribution in [0.1, 0.15) is 5.56 Å². The van der Waals surface area contributed by atoms with E-state index in [9.17, 15) is 4.79 Å². The van der Waals surface area contributed by atoms with Crippen molar-refractivity contribution in [3.8, 4) is 0 Å². The van der Waals surface area contributed by atoms with Gasteiger partial charge in [-0.25, -0.2) is 0 Å². The molecule has 0 aliphatic rings. The monoisotopic (exact) mass is 211 g/mol. The number of aromatic nitrogens is 1. The third-order valence-corrected chi connectivity index (χ3v) is 1.94. The highest BCUT2D eigenvalue weighted by atomic mass is 16.5. The van der Waals surface area contributed by atoms with Crippen molar-refractivity contribution in [1.29, 1.82) is 0 Å². The number of pyridine rings is 1. The maximum absolute atomic E-state index is 11.7. The van der Waals surface area contributed by atoms with Crippen LogP contribution in [0.4, 0.5) is 0 Å². The number of hydrogen-bond donors (Lipinski definition) is 2. The summed E-state index contributed by atoms with van der Waals surface area (Å²) in [6, 6.07) is 3.16. The van der Waals surface area contributed by atoms with E-state index in [2.05, 4.69) is 5.16 Å². The lowest BCUT2D eigenvalue weighted by molar-refractivity contribution is 0.186. The van der Waals surface area contributed by atoms with E-state index in [1.54, 1.807) is 19.4 Å². The van der Waals surface area contributed by atoms with Crippen LogP contribution in [0.3, 0.4) is 0 Å². The van der Waals surface area contributed by atoms with Gasteiger partial charge in [-0.05, 0) is 12.1 Å². The molecule has 6 heteroatoms. The molecule has 0 saturated carbocycles. The predicted molar refractivity (Wildman–Crippen MR) is 55.1 cm³/mol. The molecule has 0 amide bonds. The number of methoxy groups -OCH3 is 1. The molecule has 3 N–H and O–H groups in total. The van der Waals surface area contributed by atoms with Crippen LogP contribution >= 0.6 is 0 Å². The van der Waals surface area contributed by atoms with Gasteiger partial charge in [-0.3, -0.25) is 4.79 Å². The van der Waals surface area contributed by atoms with Gasteiger partial charge in [0.2, 0.25) is 0 Å². The molecule has 1 aromatic rings. The van der Waals surface area contributed by atoms with E-state index in [1.165, 1.54) is 10.6 Å². The Bertz CT molecular complexity index is 411. The lowest BCUT2D eigenvalue weighted by Crippen LogP contribution is -2.30. The van der Waals surface area contributed by atoms with Crippen LogP contribution in [0.25, 0.3) is 0 Å². The largest absolute Gasteiger partial charge is 0.409 e. The van der Waals surface area contributed by atoms with Crippen molar-refractivity contribution in [1.82, 2.24) is 4.57 Å². The normalized spacial score (nSPS) is 11.7. The van der Waals surface area contributed by atoms with Gasteiger partial charge in [0.25, 0.3) is 5.56 Å². The van der Waals surface area contributed by atoms with Gasteiger partial charge >= 0.3 is 0 Å². The topological polar surface area (TPSA) is 89.8 Å².